The molecule has 3 fully saturated rings. The Hall–Kier alpha value is -1.18. The Bertz CT molecular complexity index is 760. The summed E-state index contributed by atoms with van der Waals surface area (Å²) in [4.78, 5) is 25.1. The van der Waals surface area contributed by atoms with E-state index < -0.39 is 0 Å². The smallest absolute Gasteiger partial charge is 0.155 e. The number of allylic oxidation sites excluding steroid dienone is 3. The third-order valence-electron chi connectivity index (χ3n) is 10.3. The zero-order valence-electron chi connectivity index (χ0n) is 17.2. The molecule has 7 unspecified atom stereocenters. The van der Waals surface area contributed by atoms with E-state index >= 15 is 0 Å². The van der Waals surface area contributed by atoms with Crippen LogP contribution in [0.15, 0.2) is 23.8 Å². The summed E-state index contributed by atoms with van der Waals surface area (Å²) in [5, 5.41) is 0. The highest BCUT2D eigenvalue weighted by Crippen LogP contribution is 2.73. The Labute approximate surface area is 163 Å². The van der Waals surface area contributed by atoms with Crippen LogP contribution in [0.3, 0.4) is 0 Å². The van der Waals surface area contributed by atoms with Crippen molar-refractivity contribution in [3.8, 4) is 0 Å². The van der Waals surface area contributed by atoms with Gasteiger partial charge in [0, 0.05) is 11.8 Å². The molecule has 0 aromatic rings. The van der Waals surface area contributed by atoms with Crippen LogP contribution in [0.5, 0.6) is 0 Å². The maximum Gasteiger partial charge on any atom is 0.155 e. The third kappa shape index (κ3) is 2.08. The molecular formula is C25H34O2. The van der Waals surface area contributed by atoms with Crippen LogP contribution in [0.2, 0.25) is 0 Å². The zero-order chi connectivity index (χ0) is 19.0. The van der Waals surface area contributed by atoms with Crippen LogP contribution in [0.25, 0.3) is 0 Å². The Morgan fingerprint density at radius 3 is 2.67 bits per heavy atom. The largest absolute Gasteiger partial charge is 0.299 e. The lowest BCUT2D eigenvalue weighted by Gasteiger charge is -2.60. The van der Waals surface area contributed by atoms with E-state index in [-0.39, 0.29) is 16.2 Å². The lowest BCUT2D eigenvalue weighted by Crippen LogP contribution is -2.55. The van der Waals surface area contributed by atoms with Gasteiger partial charge in [-0.3, -0.25) is 9.59 Å². The van der Waals surface area contributed by atoms with E-state index in [0.717, 1.165) is 38.0 Å². The van der Waals surface area contributed by atoms with Gasteiger partial charge in [-0.2, -0.15) is 0 Å². The lowest BCUT2D eigenvalue weighted by molar-refractivity contribution is -0.144. The summed E-state index contributed by atoms with van der Waals surface area (Å²) in [6.07, 6.45) is 16.5. The summed E-state index contributed by atoms with van der Waals surface area (Å²) in [7, 11) is 0. The fourth-order valence-corrected chi connectivity index (χ4v) is 8.90. The van der Waals surface area contributed by atoms with Crippen molar-refractivity contribution in [3.63, 3.8) is 0 Å². The molecule has 0 spiro atoms. The van der Waals surface area contributed by atoms with Crippen molar-refractivity contribution in [2.45, 2.75) is 78.6 Å². The molecule has 0 amide bonds. The predicted molar refractivity (Wildman–Crippen MR) is 107 cm³/mol. The number of fused-ring (bicyclic) bond motifs is 7. The van der Waals surface area contributed by atoms with Gasteiger partial charge in [0.25, 0.3) is 0 Å². The molecule has 0 heterocycles. The molecule has 5 aliphatic carbocycles. The number of rotatable bonds is 1. The standard InChI is InChI=1S/C25H34O2/c1-16(26)25-11-5-4-6-18(25)15-22-20-8-7-17-14-19(27)9-12-23(17,2)21(20)10-13-24(22,25)3/h4-5,14,18,20-22H,6-13,15H2,1-3H3. The van der Waals surface area contributed by atoms with Gasteiger partial charge in [0.05, 0.1) is 0 Å². The van der Waals surface area contributed by atoms with Crippen molar-refractivity contribution in [2.75, 3.05) is 0 Å². The summed E-state index contributed by atoms with van der Waals surface area (Å²) in [5.74, 6) is 3.47. The van der Waals surface area contributed by atoms with Crippen LogP contribution < -0.4 is 0 Å². The molecule has 5 aliphatic rings. The van der Waals surface area contributed by atoms with Crippen LogP contribution in [0.4, 0.5) is 0 Å². The Balaban J connectivity index is 1.55. The molecule has 0 aromatic carbocycles. The van der Waals surface area contributed by atoms with E-state index in [2.05, 4.69) is 26.0 Å². The van der Waals surface area contributed by atoms with E-state index in [4.69, 9.17) is 0 Å². The van der Waals surface area contributed by atoms with Gasteiger partial charge in [-0.25, -0.2) is 0 Å². The topological polar surface area (TPSA) is 34.1 Å². The van der Waals surface area contributed by atoms with Crippen LogP contribution >= 0.6 is 0 Å². The number of hydrogen-bond acceptors (Lipinski definition) is 2. The van der Waals surface area contributed by atoms with Gasteiger partial charge in [0.2, 0.25) is 0 Å². The highest BCUT2D eigenvalue weighted by atomic mass is 16.1. The Morgan fingerprint density at radius 2 is 1.89 bits per heavy atom. The molecule has 0 aliphatic heterocycles. The van der Waals surface area contributed by atoms with E-state index in [1.54, 1.807) is 0 Å². The molecule has 2 heteroatoms. The van der Waals surface area contributed by atoms with Gasteiger partial charge in [-0.05, 0) is 98.9 Å². The first-order valence-electron chi connectivity index (χ1n) is 11.2. The summed E-state index contributed by atoms with van der Waals surface area (Å²) in [6.45, 7) is 6.81. The number of carbonyl (C=O) groups excluding carboxylic acids is 2. The first-order valence-corrected chi connectivity index (χ1v) is 11.2. The Kier molecular flexibility index (Phi) is 3.76. The van der Waals surface area contributed by atoms with E-state index in [9.17, 15) is 9.59 Å². The summed E-state index contributed by atoms with van der Waals surface area (Å²) in [5.41, 5.74) is 1.73. The van der Waals surface area contributed by atoms with Crippen molar-refractivity contribution >= 4 is 11.6 Å². The molecule has 7 atom stereocenters. The van der Waals surface area contributed by atoms with Crippen LogP contribution in [-0.4, -0.2) is 11.6 Å². The lowest BCUT2D eigenvalue weighted by atomic mass is 9.44. The molecule has 146 valence electrons. The molecule has 0 N–H and O–H groups in total. The fraction of sp³-hybridized carbons (Fsp3) is 0.760. The molecule has 0 saturated heterocycles. The van der Waals surface area contributed by atoms with Gasteiger partial charge in [-0.1, -0.05) is 31.6 Å². The highest BCUT2D eigenvalue weighted by Gasteiger charge is 2.68. The van der Waals surface area contributed by atoms with Crippen molar-refractivity contribution in [1.29, 1.82) is 0 Å². The second-order valence-corrected chi connectivity index (χ2v) is 10.8. The molecular weight excluding hydrogens is 332 g/mol. The quantitative estimate of drug-likeness (QED) is 0.560. The van der Waals surface area contributed by atoms with Gasteiger partial charge >= 0.3 is 0 Å². The molecule has 2 nitrogen and oxygen atoms in total. The monoisotopic (exact) mass is 366 g/mol. The molecule has 27 heavy (non-hydrogen) atoms. The molecule has 0 aromatic heterocycles. The van der Waals surface area contributed by atoms with Crippen molar-refractivity contribution in [3.05, 3.63) is 23.8 Å². The minimum atomic E-state index is -0.114. The van der Waals surface area contributed by atoms with Gasteiger partial charge in [0.1, 0.15) is 5.78 Å². The van der Waals surface area contributed by atoms with E-state index in [1.807, 2.05) is 13.0 Å². The number of Topliss-reactive ketones (excluding diaryl/α,β-unsaturated/α-hetero) is 1. The van der Waals surface area contributed by atoms with Crippen molar-refractivity contribution < 1.29 is 9.59 Å². The van der Waals surface area contributed by atoms with Crippen molar-refractivity contribution in [1.82, 2.24) is 0 Å². The Morgan fingerprint density at radius 1 is 1.07 bits per heavy atom. The molecule has 0 bridgehead atoms. The summed E-state index contributed by atoms with van der Waals surface area (Å²) in [6, 6.07) is 0. The number of ketones is 2. The first kappa shape index (κ1) is 17.9. The average Bonchev–Trinajstić information content (AvgIpc) is 2.92. The molecule has 0 radical (unpaired) electrons. The summed E-state index contributed by atoms with van der Waals surface area (Å²) >= 11 is 0. The summed E-state index contributed by atoms with van der Waals surface area (Å²) < 4.78 is 0. The molecule has 3 saturated carbocycles. The van der Waals surface area contributed by atoms with E-state index in [1.165, 1.54) is 31.3 Å². The minimum Gasteiger partial charge on any atom is -0.299 e. The average molecular weight is 367 g/mol. The normalized spacial score (nSPS) is 50.9. The second kappa shape index (κ2) is 5.67. The van der Waals surface area contributed by atoms with Crippen LogP contribution in [-0.2, 0) is 9.59 Å². The second-order valence-electron chi connectivity index (χ2n) is 10.8. The maximum atomic E-state index is 13.1. The minimum absolute atomic E-state index is 0.114. The maximum absolute atomic E-state index is 13.1. The molecule has 5 rings (SSSR count). The van der Waals surface area contributed by atoms with Crippen molar-refractivity contribution in [2.24, 2.45) is 39.9 Å². The SMILES string of the molecule is CC(=O)C12CC=CCC1CC1C3CCC4=CC(=O)CCC4(C)C3CCC12C. The van der Waals surface area contributed by atoms with Gasteiger partial charge < -0.3 is 0 Å². The van der Waals surface area contributed by atoms with Crippen LogP contribution in [0, 0.1) is 39.9 Å². The van der Waals surface area contributed by atoms with Gasteiger partial charge in [-0.15, -0.1) is 0 Å². The van der Waals surface area contributed by atoms with Gasteiger partial charge in [0.15, 0.2) is 5.78 Å². The fourth-order valence-electron chi connectivity index (χ4n) is 8.90. The predicted octanol–water partition coefficient (Wildman–Crippen LogP) is 5.67. The number of carbonyl (C=O) groups is 2. The zero-order valence-corrected chi connectivity index (χ0v) is 17.2. The van der Waals surface area contributed by atoms with E-state index in [0.29, 0.717) is 29.3 Å². The van der Waals surface area contributed by atoms with Crippen LogP contribution in [0.1, 0.15) is 78.6 Å². The number of hydrogen-bond donors (Lipinski definition) is 0. The first-order chi connectivity index (χ1) is 12.8. The highest BCUT2D eigenvalue weighted by molar-refractivity contribution is 5.91. The third-order valence-corrected chi connectivity index (χ3v) is 10.3.